The zero-order valence-electron chi connectivity index (χ0n) is 16.6. The maximum Gasteiger partial charge on any atom is 0.258 e. The first-order valence-corrected chi connectivity index (χ1v) is 9.32. The SMILES string of the molecule is CCCOc1nn(CCC)cc1C(=O)NCCc1ccc(OC)c(OC)c1. The maximum atomic E-state index is 12.6. The topological polar surface area (TPSA) is 74.6 Å². The lowest BCUT2D eigenvalue weighted by Crippen LogP contribution is -2.26. The third kappa shape index (κ3) is 5.64. The van der Waals surface area contributed by atoms with Gasteiger partial charge in [0, 0.05) is 19.3 Å². The second-order valence-corrected chi connectivity index (χ2v) is 6.15. The molecule has 148 valence electrons. The van der Waals surface area contributed by atoms with E-state index in [2.05, 4.69) is 17.3 Å². The standard InChI is InChI=1S/C20H29N3O4/c1-5-11-23-14-16(20(22-23)27-12-6-2)19(24)21-10-9-15-7-8-17(25-3)18(13-15)26-4/h7-8,13-14H,5-6,9-12H2,1-4H3,(H,21,24). The lowest BCUT2D eigenvalue weighted by atomic mass is 10.1. The van der Waals surface area contributed by atoms with E-state index in [1.165, 1.54) is 0 Å². The smallest absolute Gasteiger partial charge is 0.258 e. The van der Waals surface area contributed by atoms with Crippen molar-refractivity contribution in [1.82, 2.24) is 15.1 Å². The number of ether oxygens (including phenoxy) is 3. The summed E-state index contributed by atoms with van der Waals surface area (Å²) in [7, 11) is 3.21. The average molecular weight is 375 g/mol. The van der Waals surface area contributed by atoms with Gasteiger partial charge in [0.15, 0.2) is 11.5 Å². The van der Waals surface area contributed by atoms with E-state index in [0.29, 0.717) is 42.5 Å². The zero-order valence-corrected chi connectivity index (χ0v) is 16.6. The minimum atomic E-state index is -0.177. The molecule has 7 nitrogen and oxygen atoms in total. The quantitative estimate of drug-likeness (QED) is 0.653. The van der Waals surface area contributed by atoms with Crippen LogP contribution in [-0.4, -0.2) is 43.1 Å². The number of nitrogens with one attached hydrogen (secondary N) is 1. The number of benzene rings is 1. The Balaban J connectivity index is 1.98. The molecule has 2 aromatic rings. The van der Waals surface area contributed by atoms with Gasteiger partial charge in [0.2, 0.25) is 5.88 Å². The van der Waals surface area contributed by atoms with Gasteiger partial charge in [-0.05, 0) is 37.0 Å². The third-order valence-corrected chi connectivity index (χ3v) is 4.02. The Morgan fingerprint density at radius 2 is 1.93 bits per heavy atom. The van der Waals surface area contributed by atoms with Gasteiger partial charge in [0.1, 0.15) is 5.56 Å². The molecule has 0 radical (unpaired) electrons. The van der Waals surface area contributed by atoms with E-state index in [1.54, 1.807) is 25.1 Å². The molecule has 1 heterocycles. The van der Waals surface area contributed by atoms with Crippen molar-refractivity contribution in [3.8, 4) is 17.4 Å². The van der Waals surface area contributed by atoms with Gasteiger partial charge in [-0.25, -0.2) is 0 Å². The summed E-state index contributed by atoms with van der Waals surface area (Å²) in [6, 6.07) is 5.74. The summed E-state index contributed by atoms with van der Waals surface area (Å²) in [5.41, 5.74) is 1.53. The molecule has 0 aliphatic heterocycles. The van der Waals surface area contributed by atoms with Crippen LogP contribution in [0.4, 0.5) is 0 Å². The molecule has 27 heavy (non-hydrogen) atoms. The molecule has 2 rings (SSSR count). The normalized spacial score (nSPS) is 10.5. The van der Waals surface area contributed by atoms with Gasteiger partial charge in [-0.2, -0.15) is 0 Å². The van der Waals surface area contributed by atoms with Crippen molar-refractivity contribution < 1.29 is 19.0 Å². The van der Waals surface area contributed by atoms with E-state index in [0.717, 1.165) is 24.9 Å². The molecule has 0 atom stereocenters. The Morgan fingerprint density at radius 1 is 1.15 bits per heavy atom. The molecule has 7 heteroatoms. The Morgan fingerprint density at radius 3 is 2.59 bits per heavy atom. The van der Waals surface area contributed by atoms with E-state index in [4.69, 9.17) is 14.2 Å². The zero-order chi connectivity index (χ0) is 19.6. The number of hydrogen-bond donors (Lipinski definition) is 1. The molecule has 0 aliphatic carbocycles. The Labute approximate surface area is 160 Å². The van der Waals surface area contributed by atoms with Crippen LogP contribution < -0.4 is 19.5 Å². The molecule has 0 spiro atoms. The number of carbonyl (C=O) groups excluding carboxylic acids is 1. The number of nitrogens with zero attached hydrogens (tertiary/aromatic N) is 2. The summed E-state index contributed by atoms with van der Waals surface area (Å²) in [4.78, 5) is 12.6. The highest BCUT2D eigenvalue weighted by molar-refractivity contribution is 5.96. The van der Waals surface area contributed by atoms with Crippen LogP contribution in [0.2, 0.25) is 0 Å². The Bertz CT molecular complexity index is 743. The van der Waals surface area contributed by atoms with Gasteiger partial charge in [-0.15, -0.1) is 5.10 Å². The first kappa shape index (κ1) is 20.6. The lowest BCUT2D eigenvalue weighted by Gasteiger charge is -2.10. The number of methoxy groups -OCH3 is 2. The maximum absolute atomic E-state index is 12.6. The van der Waals surface area contributed by atoms with Crippen LogP contribution >= 0.6 is 0 Å². The molecule has 0 saturated heterocycles. The molecule has 0 fully saturated rings. The highest BCUT2D eigenvalue weighted by atomic mass is 16.5. The van der Waals surface area contributed by atoms with Crippen molar-refractivity contribution >= 4 is 5.91 Å². The summed E-state index contributed by atoms with van der Waals surface area (Å²) >= 11 is 0. The minimum Gasteiger partial charge on any atom is -0.493 e. The molecule has 0 bridgehead atoms. The summed E-state index contributed by atoms with van der Waals surface area (Å²) in [5.74, 6) is 1.58. The molecule has 1 aromatic heterocycles. The average Bonchev–Trinajstić information content (AvgIpc) is 3.09. The van der Waals surface area contributed by atoms with E-state index in [1.807, 2.05) is 25.1 Å². The van der Waals surface area contributed by atoms with Crippen molar-refractivity contribution in [2.24, 2.45) is 0 Å². The van der Waals surface area contributed by atoms with Crippen LogP contribution in [-0.2, 0) is 13.0 Å². The van der Waals surface area contributed by atoms with Crippen molar-refractivity contribution in [2.75, 3.05) is 27.4 Å². The van der Waals surface area contributed by atoms with Crippen LogP contribution in [0.5, 0.6) is 17.4 Å². The van der Waals surface area contributed by atoms with E-state index in [9.17, 15) is 4.79 Å². The van der Waals surface area contributed by atoms with Gasteiger partial charge in [-0.1, -0.05) is 19.9 Å². The van der Waals surface area contributed by atoms with Crippen molar-refractivity contribution in [1.29, 1.82) is 0 Å². The van der Waals surface area contributed by atoms with E-state index in [-0.39, 0.29) is 5.91 Å². The van der Waals surface area contributed by atoms with Gasteiger partial charge >= 0.3 is 0 Å². The number of hydrogen-bond acceptors (Lipinski definition) is 5. The minimum absolute atomic E-state index is 0.177. The fourth-order valence-electron chi connectivity index (χ4n) is 2.66. The van der Waals surface area contributed by atoms with Gasteiger partial charge < -0.3 is 19.5 Å². The third-order valence-electron chi connectivity index (χ3n) is 4.02. The fourth-order valence-corrected chi connectivity index (χ4v) is 2.66. The monoisotopic (exact) mass is 375 g/mol. The highest BCUT2D eigenvalue weighted by Crippen LogP contribution is 2.27. The second-order valence-electron chi connectivity index (χ2n) is 6.15. The largest absolute Gasteiger partial charge is 0.493 e. The number of aryl methyl sites for hydroxylation is 1. The van der Waals surface area contributed by atoms with Crippen LogP contribution in [0.1, 0.15) is 42.6 Å². The predicted molar refractivity (Wildman–Crippen MR) is 104 cm³/mol. The molecule has 0 unspecified atom stereocenters. The second kappa shape index (κ2) is 10.4. The van der Waals surface area contributed by atoms with Gasteiger partial charge in [-0.3, -0.25) is 9.48 Å². The van der Waals surface area contributed by atoms with Crippen molar-refractivity contribution in [2.45, 2.75) is 39.7 Å². The predicted octanol–water partition coefficient (Wildman–Crippen LogP) is 3.07. The van der Waals surface area contributed by atoms with Gasteiger partial charge in [0.25, 0.3) is 5.91 Å². The summed E-state index contributed by atoms with van der Waals surface area (Å²) in [6.45, 7) is 5.87. The van der Waals surface area contributed by atoms with Crippen LogP contribution in [0.25, 0.3) is 0 Å². The number of amides is 1. The van der Waals surface area contributed by atoms with Crippen molar-refractivity contribution in [3.05, 3.63) is 35.5 Å². The first-order chi connectivity index (χ1) is 13.1. The summed E-state index contributed by atoms with van der Waals surface area (Å²) < 4.78 is 17.9. The van der Waals surface area contributed by atoms with Crippen LogP contribution in [0, 0.1) is 0 Å². The summed E-state index contributed by atoms with van der Waals surface area (Å²) in [6.07, 6.45) is 4.23. The van der Waals surface area contributed by atoms with Crippen LogP contribution in [0.3, 0.4) is 0 Å². The molecule has 1 N–H and O–H groups in total. The Hall–Kier alpha value is -2.70. The van der Waals surface area contributed by atoms with E-state index < -0.39 is 0 Å². The number of rotatable bonds is 11. The highest BCUT2D eigenvalue weighted by Gasteiger charge is 2.17. The molecular weight excluding hydrogens is 346 g/mol. The molecule has 1 aromatic carbocycles. The Kier molecular flexibility index (Phi) is 7.98. The molecule has 1 amide bonds. The first-order valence-electron chi connectivity index (χ1n) is 9.32. The number of carbonyl (C=O) groups is 1. The lowest BCUT2D eigenvalue weighted by molar-refractivity contribution is 0.0950. The molecule has 0 saturated carbocycles. The number of aromatic nitrogens is 2. The van der Waals surface area contributed by atoms with Crippen LogP contribution in [0.15, 0.2) is 24.4 Å². The summed E-state index contributed by atoms with van der Waals surface area (Å²) in [5, 5.41) is 7.31. The van der Waals surface area contributed by atoms with E-state index >= 15 is 0 Å². The van der Waals surface area contributed by atoms with Gasteiger partial charge in [0.05, 0.1) is 20.8 Å². The molecule has 0 aliphatic rings. The van der Waals surface area contributed by atoms with Crippen molar-refractivity contribution in [3.63, 3.8) is 0 Å². The fraction of sp³-hybridized carbons (Fsp3) is 0.500. The molecular formula is C20H29N3O4.